The molecule has 0 aliphatic carbocycles. The minimum atomic E-state index is 0.223. The lowest BCUT2D eigenvalue weighted by atomic mass is 10.0. The summed E-state index contributed by atoms with van der Waals surface area (Å²) >= 11 is 1.88. The summed E-state index contributed by atoms with van der Waals surface area (Å²) in [4.78, 5) is 14.3. The predicted molar refractivity (Wildman–Crippen MR) is 87.0 cm³/mol. The van der Waals surface area contributed by atoms with Crippen LogP contribution in [0.5, 0.6) is 0 Å². The van der Waals surface area contributed by atoms with Gasteiger partial charge in [0, 0.05) is 18.7 Å². The summed E-state index contributed by atoms with van der Waals surface area (Å²) in [6.07, 6.45) is 2.77. The van der Waals surface area contributed by atoms with Crippen molar-refractivity contribution in [1.29, 1.82) is 0 Å². The second-order valence-corrected chi connectivity index (χ2v) is 6.92. The highest BCUT2D eigenvalue weighted by Crippen LogP contribution is 2.38. The molecular formula is C17H25NOS. The minimum absolute atomic E-state index is 0.223. The van der Waals surface area contributed by atoms with E-state index in [1.54, 1.807) is 0 Å². The molecule has 3 heteroatoms. The van der Waals surface area contributed by atoms with Crippen molar-refractivity contribution < 1.29 is 4.79 Å². The van der Waals surface area contributed by atoms with E-state index in [0.717, 1.165) is 25.1 Å². The number of amides is 1. The fourth-order valence-electron chi connectivity index (χ4n) is 2.52. The summed E-state index contributed by atoms with van der Waals surface area (Å²) in [5.41, 5.74) is 2.63. The van der Waals surface area contributed by atoms with Crippen LogP contribution in [-0.4, -0.2) is 23.1 Å². The van der Waals surface area contributed by atoms with Crippen molar-refractivity contribution in [2.45, 2.75) is 51.3 Å². The van der Waals surface area contributed by atoms with Gasteiger partial charge in [-0.1, -0.05) is 51.5 Å². The van der Waals surface area contributed by atoms with Gasteiger partial charge in [-0.25, -0.2) is 0 Å². The topological polar surface area (TPSA) is 20.3 Å². The van der Waals surface area contributed by atoms with Crippen LogP contribution in [0.25, 0.3) is 0 Å². The number of thioether (sulfide) groups is 1. The van der Waals surface area contributed by atoms with E-state index in [9.17, 15) is 4.79 Å². The first-order chi connectivity index (χ1) is 9.63. The number of carbonyl (C=O) groups is 1. The van der Waals surface area contributed by atoms with Gasteiger partial charge in [-0.15, -0.1) is 11.8 Å². The number of hydrogen-bond acceptors (Lipinski definition) is 2. The molecule has 1 unspecified atom stereocenters. The van der Waals surface area contributed by atoms with Gasteiger partial charge in [-0.05, 0) is 23.5 Å². The van der Waals surface area contributed by atoms with Crippen molar-refractivity contribution in [1.82, 2.24) is 4.90 Å². The zero-order valence-electron chi connectivity index (χ0n) is 12.8. The van der Waals surface area contributed by atoms with E-state index >= 15 is 0 Å². The first kappa shape index (κ1) is 15.4. The first-order valence-electron chi connectivity index (χ1n) is 7.64. The van der Waals surface area contributed by atoms with Gasteiger partial charge in [0.1, 0.15) is 5.37 Å². The van der Waals surface area contributed by atoms with Crippen LogP contribution in [0, 0.1) is 0 Å². The Hall–Kier alpha value is -0.960. The Morgan fingerprint density at radius 2 is 2.05 bits per heavy atom. The lowest BCUT2D eigenvalue weighted by Gasteiger charge is -2.24. The smallest absolute Gasteiger partial charge is 0.223 e. The van der Waals surface area contributed by atoms with Crippen LogP contribution in [0.4, 0.5) is 0 Å². The van der Waals surface area contributed by atoms with Crippen molar-refractivity contribution in [2.75, 3.05) is 12.3 Å². The lowest BCUT2D eigenvalue weighted by molar-refractivity contribution is -0.131. The van der Waals surface area contributed by atoms with Gasteiger partial charge in [0.2, 0.25) is 5.91 Å². The van der Waals surface area contributed by atoms with Gasteiger partial charge in [0.05, 0.1) is 0 Å². The van der Waals surface area contributed by atoms with Gasteiger partial charge < -0.3 is 4.90 Å². The van der Waals surface area contributed by atoms with E-state index in [2.05, 4.69) is 49.9 Å². The average Bonchev–Trinajstić information content (AvgIpc) is 2.94. The Labute approximate surface area is 126 Å². The van der Waals surface area contributed by atoms with E-state index in [1.807, 2.05) is 11.8 Å². The molecule has 1 amide bonds. The molecule has 1 aliphatic rings. The molecule has 2 rings (SSSR count). The molecule has 2 nitrogen and oxygen atoms in total. The third-order valence-electron chi connectivity index (χ3n) is 3.84. The van der Waals surface area contributed by atoms with E-state index < -0.39 is 0 Å². The molecule has 0 N–H and O–H groups in total. The van der Waals surface area contributed by atoms with Crippen LogP contribution in [-0.2, 0) is 4.79 Å². The first-order valence-corrected chi connectivity index (χ1v) is 8.69. The lowest BCUT2D eigenvalue weighted by Crippen LogP contribution is -2.30. The van der Waals surface area contributed by atoms with Crippen molar-refractivity contribution in [3.05, 3.63) is 35.4 Å². The highest BCUT2D eigenvalue weighted by molar-refractivity contribution is 7.99. The number of carbonyl (C=O) groups excluding carboxylic acids is 1. The molecule has 0 bridgehead atoms. The van der Waals surface area contributed by atoms with Gasteiger partial charge >= 0.3 is 0 Å². The van der Waals surface area contributed by atoms with Crippen LogP contribution in [0.2, 0.25) is 0 Å². The summed E-state index contributed by atoms with van der Waals surface area (Å²) in [6, 6.07) is 8.79. The zero-order chi connectivity index (χ0) is 14.5. The monoisotopic (exact) mass is 291 g/mol. The third kappa shape index (κ3) is 3.57. The molecule has 0 aromatic heterocycles. The Balaban J connectivity index is 2.08. The SMILES string of the molecule is CCCCC(=O)N1CCSC1c1ccc(C(C)C)cc1. The minimum Gasteiger partial charge on any atom is -0.326 e. The highest BCUT2D eigenvalue weighted by Gasteiger charge is 2.29. The normalized spacial score (nSPS) is 18.8. The predicted octanol–water partition coefficient (Wildman–Crippen LogP) is 4.57. The van der Waals surface area contributed by atoms with E-state index in [4.69, 9.17) is 0 Å². The molecule has 1 aliphatic heterocycles. The van der Waals surface area contributed by atoms with Crippen LogP contribution in [0.3, 0.4) is 0 Å². The third-order valence-corrected chi connectivity index (χ3v) is 5.10. The fourth-order valence-corrected chi connectivity index (χ4v) is 3.80. The Morgan fingerprint density at radius 1 is 1.35 bits per heavy atom. The summed E-state index contributed by atoms with van der Waals surface area (Å²) < 4.78 is 0. The molecule has 0 saturated carbocycles. The van der Waals surface area contributed by atoms with Crippen molar-refractivity contribution in [3.8, 4) is 0 Å². The van der Waals surface area contributed by atoms with Gasteiger partial charge in [-0.2, -0.15) is 0 Å². The zero-order valence-corrected chi connectivity index (χ0v) is 13.6. The maximum absolute atomic E-state index is 12.3. The molecule has 1 aromatic carbocycles. The number of nitrogens with zero attached hydrogens (tertiary/aromatic N) is 1. The molecule has 110 valence electrons. The molecular weight excluding hydrogens is 266 g/mol. The standard InChI is InChI=1S/C17H25NOS/c1-4-5-6-16(19)18-11-12-20-17(18)15-9-7-14(8-10-15)13(2)3/h7-10,13,17H,4-6,11-12H2,1-3H3. The van der Waals surface area contributed by atoms with Gasteiger partial charge in [0.15, 0.2) is 0 Å². The molecule has 0 radical (unpaired) electrons. The molecule has 1 fully saturated rings. The van der Waals surface area contributed by atoms with Crippen LogP contribution < -0.4 is 0 Å². The van der Waals surface area contributed by atoms with Crippen LogP contribution in [0.15, 0.2) is 24.3 Å². The quantitative estimate of drug-likeness (QED) is 0.791. The second-order valence-electron chi connectivity index (χ2n) is 5.74. The van der Waals surface area contributed by atoms with E-state index in [0.29, 0.717) is 18.2 Å². The average molecular weight is 291 g/mol. The van der Waals surface area contributed by atoms with E-state index in [-0.39, 0.29) is 5.37 Å². The molecule has 1 atom stereocenters. The Morgan fingerprint density at radius 3 is 2.65 bits per heavy atom. The number of unbranched alkanes of at least 4 members (excludes halogenated alkanes) is 1. The summed E-state index contributed by atoms with van der Waals surface area (Å²) in [6.45, 7) is 7.44. The van der Waals surface area contributed by atoms with Crippen molar-refractivity contribution in [2.24, 2.45) is 0 Å². The van der Waals surface area contributed by atoms with Crippen molar-refractivity contribution >= 4 is 17.7 Å². The van der Waals surface area contributed by atoms with Crippen LogP contribution >= 0.6 is 11.8 Å². The Bertz CT molecular complexity index is 441. The van der Waals surface area contributed by atoms with Gasteiger partial charge in [0.25, 0.3) is 0 Å². The summed E-state index contributed by atoms with van der Waals surface area (Å²) in [5.74, 6) is 1.92. The van der Waals surface area contributed by atoms with Gasteiger partial charge in [-0.3, -0.25) is 4.79 Å². The molecule has 20 heavy (non-hydrogen) atoms. The summed E-state index contributed by atoms with van der Waals surface area (Å²) in [5, 5.41) is 0.223. The molecule has 1 aromatic rings. The Kier molecular flexibility index (Phi) is 5.53. The van der Waals surface area contributed by atoms with Crippen LogP contribution in [0.1, 0.15) is 62.5 Å². The maximum Gasteiger partial charge on any atom is 0.223 e. The highest BCUT2D eigenvalue weighted by atomic mass is 32.2. The van der Waals surface area contributed by atoms with Crippen molar-refractivity contribution in [3.63, 3.8) is 0 Å². The molecule has 1 heterocycles. The van der Waals surface area contributed by atoms with E-state index in [1.165, 1.54) is 11.1 Å². The maximum atomic E-state index is 12.3. The number of hydrogen-bond donors (Lipinski definition) is 0. The molecule has 1 saturated heterocycles. The summed E-state index contributed by atoms with van der Waals surface area (Å²) in [7, 11) is 0. The molecule has 0 spiro atoms. The largest absolute Gasteiger partial charge is 0.326 e. The fraction of sp³-hybridized carbons (Fsp3) is 0.588. The number of benzene rings is 1. The number of rotatable bonds is 5. The second kappa shape index (κ2) is 7.16.